The Morgan fingerprint density at radius 2 is 2.20 bits per heavy atom. The van der Waals surface area contributed by atoms with Crippen LogP contribution in [0.3, 0.4) is 0 Å². The van der Waals surface area contributed by atoms with Gasteiger partial charge in [-0.05, 0) is 6.42 Å². The Labute approximate surface area is 61.6 Å². The standard InChI is InChI=1S/C6H12O3S/c1-4-6(9-3)10(7,8)5-2/h5-6H,2,4H2,1,3H3. The Morgan fingerprint density at radius 1 is 1.70 bits per heavy atom. The molecule has 0 bridgehead atoms. The molecule has 0 aliphatic heterocycles. The molecular formula is C6H12O3S. The molecule has 0 aromatic carbocycles. The molecule has 0 aliphatic carbocycles. The molecule has 10 heavy (non-hydrogen) atoms. The van der Waals surface area contributed by atoms with Crippen molar-refractivity contribution in [2.24, 2.45) is 0 Å². The number of sulfone groups is 1. The highest BCUT2D eigenvalue weighted by Gasteiger charge is 2.18. The van der Waals surface area contributed by atoms with Crippen molar-refractivity contribution in [1.29, 1.82) is 0 Å². The second-order valence-corrected chi connectivity index (χ2v) is 3.87. The van der Waals surface area contributed by atoms with Crippen molar-refractivity contribution < 1.29 is 13.2 Å². The molecular weight excluding hydrogens is 152 g/mol. The van der Waals surface area contributed by atoms with Gasteiger partial charge in [0.25, 0.3) is 0 Å². The first-order valence-electron chi connectivity index (χ1n) is 2.97. The van der Waals surface area contributed by atoms with Crippen molar-refractivity contribution >= 4 is 9.84 Å². The molecule has 0 rings (SSSR count). The summed E-state index contributed by atoms with van der Waals surface area (Å²) in [6.45, 7) is 4.93. The normalized spacial score (nSPS) is 14.6. The molecule has 0 aromatic rings. The summed E-state index contributed by atoms with van der Waals surface area (Å²) < 4.78 is 26.5. The van der Waals surface area contributed by atoms with E-state index in [1.165, 1.54) is 7.11 Å². The van der Waals surface area contributed by atoms with Crippen molar-refractivity contribution in [3.8, 4) is 0 Å². The van der Waals surface area contributed by atoms with E-state index in [1.54, 1.807) is 6.92 Å². The molecule has 0 spiro atoms. The summed E-state index contributed by atoms with van der Waals surface area (Å²) in [6, 6.07) is 0. The van der Waals surface area contributed by atoms with Gasteiger partial charge in [-0.2, -0.15) is 0 Å². The minimum absolute atomic E-state index is 0.449. The molecule has 0 N–H and O–H groups in total. The second kappa shape index (κ2) is 3.73. The van der Waals surface area contributed by atoms with E-state index in [0.717, 1.165) is 5.41 Å². The molecule has 0 radical (unpaired) electrons. The lowest BCUT2D eigenvalue weighted by Crippen LogP contribution is -2.19. The zero-order valence-corrected chi connectivity index (χ0v) is 7.02. The van der Waals surface area contributed by atoms with Crippen LogP contribution >= 0.6 is 0 Å². The Morgan fingerprint density at radius 3 is 2.30 bits per heavy atom. The zero-order chi connectivity index (χ0) is 8.20. The Balaban J connectivity index is 4.43. The van der Waals surface area contributed by atoms with Gasteiger partial charge in [0.15, 0.2) is 15.3 Å². The van der Waals surface area contributed by atoms with E-state index in [0.29, 0.717) is 6.42 Å². The van der Waals surface area contributed by atoms with Gasteiger partial charge in [0, 0.05) is 12.5 Å². The van der Waals surface area contributed by atoms with Crippen molar-refractivity contribution in [2.75, 3.05) is 7.11 Å². The first-order chi connectivity index (χ1) is 4.58. The highest BCUT2D eigenvalue weighted by atomic mass is 32.2. The van der Waals surface area contributed by atoms with E-state index in [2.05, 4.69) is 6.58 Å². The van der Waals surface area contributed by atoms with Crippen LogP contribution in [0.15, 0.2) is 12.0 Å². The molecule has 3 nitrogen and oxygen atoms in total. The summed E-state index contributed by atoms with van der Waals surface area (Å²) in [5.41, 5.74) is -0.731. The lowest BCUT2D eigenvalue weighted by atomic mass is 10.5. The summed E-state index contributed by atoms with van der Waals surface area (Å²) in [7, 11) is -1.85. The largest absolute Gasteiger partial charge is 0.365 e. The van der Waals surface area contributed by atoms with Gasteiger partial charge in [-0.3, -0.25) is 0 Å². The number of rotatable bonds is 4. The molecule has 4 heteroatoms. The van der Waals surface area contributed by atoms with Crippen LogP contribution in [-0.2, 0) is 14.6 Å². The highest BCUT2D eigenvalue weighted by Crippen LogP contribution is 2.07. The van der Waals surface area contributed by atoms with Crippen LogP contribution in [0.25, 0.3) is 0 Å². The maximum atomic E-state index is 10.9. The SMILES string of the molecule is C=CS(=O)(=O)C(CC)OC. The van der Waals surface area contributed by atoms with Gasteiger partial charge >= 0.3 is 0 Å². The number of hydrogen-bond donors (Lipinski definition) is 0. The maximum absolute atomic E-state index is 10.9. The van der Waals surface area contributed by atoms with Crippen molar-refractivity contribution in [3.63, 3.8) is 0 Å². The van der Waals surface area contributed by atoms with Gasteiger partial charge in [0.2, 0.25) is 0 Å². The van der Waals surface area contributed by atoms with E-state index in [4.69, 9.17) is 4.74 Å². The van der Waals surface area contributed by atoms with E-state index >= 15 is 0 Å². The zero-order valence-electron chi connectivity index (χ0n) is 6.20. The van der Waals surface area contributed by atoms with Gasteiger partial charge in [-0.15, -0.1) is 0 Å². The summed E-state index contributed by atoms with van der Waals surface area (Å²) in [5, 5.41) is 0.921. The average Bonchev–Trinajstić information content (AvgIpc) is 1.90. The van der Waals surface area contributed by atoms with Gasteiger partial charge in [-0.1, -0.05) is 13.5 Å². The molecule has 1 unspecified atom stereocenters. The molecule has 0 saturated heterocycles. The fourth-order valence-electron chi connectivity index (χ4n) is 0.640. The van der Waals surface area contributed by atoms with E-state index in [1.807, 2.05) is 0 Å². The Kier molecular flexibility index (Phi) is 3.60. The Hall–Kier alpha value is -0.350. The van der Waals surface area contributed by atoms with Crippen molar-refractivity contribution in [1.82, 2.24) is 0 Å². The molecule has 60 valence electrons. The third-order valence-electron chi connectivity index (χ3n) is 1.19. The van der Waals surface area contributed by atoms with Crippen LogP contribution in [0, 0.1) is 0 Å². The summed E-state index contributed by atoms with van der Waals surface area (Å²) in [5.74, 6) is 0. The van der Waals surface area contributed by atoms with E-state index in [-0.39, 0.29) is 0 Å². The second-order valence-electron chi connectivity index (χ2n) is 1.83. The van der Waals surface area contributed by atoms with Crippen LogP contribution in [0.4, 0.5) is 0 Å². The Bertz CT molecular complexity index is 189. The maximum Gasteiger partial charge on any atom is 0.197 e. The summed E-state index contributed by atoms with van der Waals surface area (Å²) >= 11 is 0. The predicted octanol–water partition coefficient (Wildman–Crippen LogP) is 0.927. The van der Waals surface area contributed by atoms with Crippen LogP contribution in [-0.4, -0.2) is 21.0 Å². The summed E-state index contributed by atoms with van der Waals surface area (Å²) in [6.07, 6.45) is 0.449. The topological polar surface area (TPSA) is 43.4 Å². The van der Waals surface area contributed by atoms with E-state index in [9.17, 15) is 8.42 Å². The van der Waals surface area contributed by atoms with Gasteiger partial charge < -0.3 is 4.74 Å². The monoisotopic (exact) mass is 164 g/mol. The lowest BCUT2D eigenvalue weighted by molar-refractivity contribution is 0.162. The van der Waals surface area contributed by atoms with Gasteiger partial charge in [0.05, 0.1) is 0 Å². The fraction of sp³-hybridized carbons (Fsp3) is 0.667. The fourth-order valence-corrected chi connectivity index (χ4v) is 1.59. The number of hydrogen-bond acceptors (Lipinski definition) is 3. The smallest absolute Gasteiger partial charge is 0.197 e. The minimum atomic E-state index is -3.22. The quantitative estimate of drug-likeness (QED) is 0.620. The predicted molar refractivity (Wildman–Crippen MR) is 40.2 cm³/mol. The lowest BCUT2D eigenvalue weighted by Gasteiger charge is -2.09. The highest BCUT2D eigenvalue weighted by molar-refractivity contribution is 7.94. The third-order valence-corrected chi connectivity index (χ3v) is 2.92. The average molecular weight is 164 g/mol. The van der Waals surface area contributed by atoms with Crippen LogP contribution in [0.1, 0.15) is 13.3 Å². The van der Waals surface area contributed by atoms with Crippen molar-refractivity contribution in [2.45, 2.75) is 18.8 Å². The van der Waals surface area contributed by atoms with E-state index < -0.39 is 15.3 Å². The minimum Gasteiger partial charge on any atom is -0.365 e. The molecule has 0 amide bonds. The van der Waals surface area contributed by atoms with Gasteiger partial charge in [-0.25, -0.2) is 8.42 Å². The number of ether oxygens (including phenoxy) is 1. The molecule has 0 heterocycles. The number of methoxy groups -OCH3 is 1. The van der Waals surface area contributed by atoms with Crippen LogP contribution in [0.2, 0.25) is 0 Å². The molecule has 0 fully saturated rings. The molecule has 0 saturated carbocycles. The summed E-state index contributed by atoms with van der Waals surface area (Å²) in [4.78, 5) is 0. The van der Waals surface area contributed by atoms with Gasteiger partial charge in [0.1, 0.15) is 0 Å². The molecule has 1 atom stereocenters. The van der Waals surface area contributed by atoms with Crippen LogP contribution < -0.4 is 0 Å². The van der Waals surface area contributed by atoms with Crippen LogP contribution in [0.5, 0.6) is 0 Å². The third kappa shape index (κ3) is 2.11. The molecule has 0 aromatic heterocycles. The first kappa shape index (κ1) is 9.65. The molecule has 0 aliphatic rings. The first-order valence-corrected chi connectivity index (χ1v) is 4.58. The van der Waals surface area contributed by atoms with Crippen molar-refractivity contribution in [3.05, 3.63) is 12.0 Å².